The zero-order chi connectivity index (χ0) is 25.1. The van der Waals surface area contributed by atoms with E-state index >= 15 is 0 Å². The highest BCUT2D eigenvalue weighted by Gasteiger charge is 2.42. The number of hydrogen-bond donors (Lipinski definition) is 2. The number of rotatable bonds is 7. The molecular formula is C27H26N6O2S. The maximum Gasteiger partial charge on any atom is 0.224 e. The summed E-state index contributed by atoms with van der Waals surface area (Å²) in [6.45, 7) is 1.81. The maximum atomic E-state index is 12.0. The third-order valence-corrected chi connectivity index (χ3v) is 6.48. The minimum absolute atomic E-state index is 0.0817. The summed E-state index contributed by atoms with van der Waals surface area (Å²) in [5, 5.41) is 6.95. The highest BCUT2D eigenvalue weighted by molar-refractivity contribution is 7.80. The van der Waals surface area contributed by atoms with Crippen molar-refractivity contribution in [3.63, 3.8) is 0 Å². The number of aromatic nitrogens is 3. The number of anilines is 2. The largest absolute Gasteiger partial charge is 0.494 e. The Morgan fingerprint density at radius 3 is 2.72 bits per heavy atom. The van der Waals surface area contributed by atoms with Gasteiger partial charge in [-0.2, -0.15) is 0 Å². The Kier molecular flexibility index (Phi) is 6.64. The molecule has 5 rings (SSSR count). The van der Waals surface area contributed by atoms with Gasteiger partial charge in [0.15, 0.2) is 5.11 Å². The second-order valence-electron chi connectivity index (χ2n) is 8.30. The molecule has 4 heterocycles. The van der Waals surface area contributed by atoms with Crippen LogP contribution in [-0.4, -0.2) is 32.7 Å². The zero-order valence-corrected chi connectivity index (χ0v) is 20.8. The van der Waals surface area contributed by atoms with Crippen LogP contribution in [0.4, 0.5) is 11.4 Å². The Hall–Kier alpha value is -4.24. The Bertz CT molecular complexity index is 1380. The molecule has 0 radical (unpaired) electrons. The molecule has 0 bridgehead atoms. The lowest BCUT2D eigenvalue weighted by molar-refractivity contribution is -0.115. The fourth-order valence-corrected chi connectivity index (χ4v) is 4.82. The van der Waals surface area contributed by atoms with Crippen LogP contribution in [0.3, 0.4) is 0 Å². The van der Waals surface area contributed by atoms with Crippen molar-refractivity contribution in [2.24, 2.45) is 0 Å². The van der Waals surface area contributed by atoms with E-state index in [9.17, 15) is 4.79 Å². The van der Waals surface area contributed by atoms with Crippen molar-refractivity contribution >= 4 is 34.6 Å². The third kappa shape index (κ3) is 4.40. The molecule has 182 valence electrons. The number of ether oxygens (including phenoxy) is 1. The van der Waals surface area contributed by atoms with E-state index in [1.54, 1.807) is 19.5 Å². The van der Waals surface area contributed by atoms with Crippen molar-refractivity contribution in [1.29, 1.82) is 0 Å². The summed E-state index contributed by atoms with van der Waals surface area (Å²) in [5.41, 5.74) is 4.30. The summed E-state index contributed by atoms with van der Waals surface area (Å²) in [5.74, 6) is 0.474. The number of pyridine rings is 2. The Balaban J connectivity index is 1.62. The lowest BCUT2D eigenvalue weighted by atomic mass is 10.0. The minimum Gasteiger partial charge on any atom is -0.494 e. The van der Waals surface area contributed by atoms with Crippen LogP contribution in [0.5, 0.6) is 5.75 Å². The maximum absolute atomic E-state index is 12.0. The van der Waals surface area contributed by atoms with Crippen LogP contribution in [0.2, 0.25) is 0 Å². The average Bonchev–Trinajstić information content (AvgIpc) is 3.54. The average molecular weight is 499 g/mol. The second-order valence-corrected chi connectivity index (χ2v) is 8.68. The zero-order valence-electron chi connectivity index (χ0n) is 20.0. The van der Waals surface area contributed by atoms with Gasteiger partial charge in [-0.1, -0.05) is 13.0 Å². The number of carbonyl (C=O) groups excluding carboxylic acids is 1. The van der Waals surface area contributed by atoms with Crippen LogP contribution in [-0.2, 0) is 4.79 Å². The standard InChI is InChI=1S/C27H26N6O2S/c1-3-24(34)30-20-12-11-18(16-23(20)35-2)33-26(25(31-27(33)36)21-9-4-5-14-29-21)22-10-7-15-32(22)19-8-6-13-28-17-19/h4-17,25-26H,3H2,1-2H3,(H,30,34)(H,31,36)/t25-,26-/m1/s1. The van der Waals surface area contributed by atoms with Gasteiger partial charge in [0.1, 0.15) is 11.8 Å². The van der Waals surface area contributed by atoms with Crippen molar-refractivity contribution in [2.45, 2.75) is 25.4 Å². The van der Waals surface area contributed by atoms with E-state index in [0.29, 0.717) is 23.0 Å². The smallest absolute Gasteiger partial charge is 0.224 e. The number of methoxy groups -OCH3 is 1. The van der Waals surface area contributed by atoms with Gasteiger partial charge in [-0.05, 0) is 60.7 Å². The van der Waals surface area contributed by atoms with E-state index in [0.717, 1.165) is 22.8 Å². The molecule has 36 heavy (non-hydrogen) atoms. The van der Waals surface area contributed by atoms with Crippen LogP contribution >= 0.6 is 12.2 Å². The fourth-order valence-electron chi connectivity index (χ4n) is 4.47. The van der Waals surface area contributed by atoms with E-state index in [-0.39, 0.29) is 18.0 Å². The van der Waals surface area contributed by atoms with E-state index in [2.05, 4.69) is 36.1 Å². The third-order valence-electron chi connectivity index (χ3n) is 6.16. The molecule has 2 N–H and O–H groups in total. The molecule has 1 aromatic carbocycles. The van der Waals surface area contributed by atoms with E-state index in [1.165, 1.54) is 0 Å². The van der Waals surface area contributed by atoms with Crippen LogP contribution in [0, 0.1) is 0 Å². The first-order chi connectivity index (χ1) is 17.6. The van der Waals surface area contributed by atoms with Crippen molar-refractivity contribution in [1.82, 2.24) is 19.9 Å². The summed E-state index contributed by atoms with van der Waals surface area (Å²) in [6, 6.07) is 19.2. The predicted molar refractivity (Wildman–Crippen MR) is 143 cm³/mol. The molecule has 1 fully saturated rings. The molecule has 1 saturated heterocycles. The number of amides is 1. The van der Waals surface area contributed by atoms with Gasteiger partial charge in [0.2, 0.25) is 5.91 Å². The summed E-state index contributed by atoms with van der Waals surface area (Å²) in [4.78, 5) is 23.0. The number of nitrogens with one attached hydrogen (secondary N) is 2. The van der Waals surface area contributed by atoms with Crippen LogP contribution in [0.25, 0.3) is 5.69 Å². The van der Waals surface area contributed by atoms with Crippen molar-refractivity contribution in [3.8, 4) is 11.4 Å². The quantitative estimate of drug-likeness (QED) is 0.354. The number of thiocarbonyl (C=S) groups is 1. The summed E-state index contributed by atoms with van der Waals surface area (Å²) >= 11 is 5.87. The van der Waals surface area contributed by atoms with Gasteiger partial charge >= 0.3 is 0 Å². The molecule has 1 amide bonds. The first kappa shape index (κ1) is 23.5. The fraction of sp³-hybridized carbons (Fsp3) is 0.185. The van der Waals surface area contributed by atoms with Gasteiger partial charge in [-0.15, -0.1) is 0 Å². The molecule has 4 aromatic rings. The predicted octanol–water partition coefficient (Wildman–Crippen LogP) is 4.80. The number of carbonyl (C=O) groups is 1. The first-order valence-corrected chi connectivity index (χ1v) is 12.1. The SMILES string of the molecule is CCC(=O)Nc1ccc(N2C(=S)N[C@H](c3ccccn3)[C@H]2c2cccn2-c2cccnc2)cc1OC. The van der Waals surface area contributed by atoms with Crippen LogP contribution < -0.4 is 20.3 Å². The molecular weight excluding hydrogens is 472 g/mol. The molecule has 0 saturated carbocycles. The molecule has 1 aliphatic rings. The van der Waals surface area contributed by atoms with Gasteiger partial charge < -0.3 is 24.8 Å². The molecule has 0 unspecified atom stereocenters. The summed E-state index contributed by atoms with van der Waals surface area (Å²) < 4.78 is 7.74. The second kappa shape index (κ2) is 10.2. The Labute approximate surface area is 215 Å². The highest BCUT2D eigenvalue weighted by Crippen LogP contribution is 2.43. The molecule has 8 nitrogen and oxygen atoms in total. The van der Waals surface area contributed by atoms with Crippen LogP contribution in [0.15, 0.2) is 85.5 Å². The van der Waals surface area contributed by atoms with Gasteiger partial charge in [0, 0.05) is 42.5 Å². The van der Waals surface area contributed by atoms with Gasteiger partial charge in [-0.3, -0.25) is 14.8 Å². The number of nitrogens with zero attached hydrogens (tertiary/aromatic N) is 4. The van der Waals surface area contributed by atoms with E-state index in [1.807, 2.05) is 73.9 Å². The molecule has 0 spiro atoms. The molecule has 3 aromatic heterocycles. The van der Waals surface area contributed by atoms with Crippen molar-refractivity contribution in [3.05, 3.63) is 96.8 Å². The molecule has 9 heteroatoms. The highest BCUT2D eigenvalue weighted by atomic mass is 32.1. The molecule has 0 aliphatic carbocycles. The van der Waals surface area contributed by atoms with Gasteiger partial charge in [0.05, 0.1) is 36.4 Å². The van der Waals surface area contributed by atoms with Crippen molar-refractivity contribution < 1.29 is 9.53 Å². The lowest BCUT2D eigenvalue weighted by Gasteiger charge is -2.29. The minimum atomic E-state index is -0.219. The van der Waals surface area contributed by atoms with Gasteiger partial charge in [0.25, 0.3) is 0 Å². The lowest BCUT2D eigenvalue weighted by Crippen LogP contribution is -2.30. The first-order valence-electron chi connectivity index (χ1n) is 11.7. The number of benzene rings is 1. The van der Waals surface area contributed by atoms with Crippen molar-refractivity contribution in [2.75, 3.05) is 17.3 Å². The Morgan fingerprint density at radius 1 is 1.11 bits per heavy atom. The van der Waals surface area contributed by atoms with E-state index in [4.69, 9.17) is 17.0 Å². The van der Waals surface area contributed by atoms with Crippen LogP contribution in [0.1, 0.15) is 36.8 Å². The summed E-state index contributed by atoms with van der Waals surface area (Å²) in [6.07, 6.45) is 7.77. The summed E-state index contributed by atoms with van der Waals surface area (Å²) in [7, 11) is 1.59. The monoisotopic (exact) mass is 498 g/mol. The molecule has 2 atom stereocenters. The topological polar surface area (TPSA) is 84.3 Å². The van der Waals surface area contributed by atoms with E-state index < -0.39 is 0 Å². The number of hydrogen-bond acceptors (Lipinski definition) is 5. The van der Waals surface area contributed by atoms with Gasteiger partial charge in [-0.25, -0.2) is 0 Å². The normalized spacial score (nSPS) is 17.1. The molecule has 1 aliphatic heterocycles. The Morgan fingerprint density at radius 2 is 2.00 bits per heavy atom.